The molecule has 1 atom stereocenters. The molecule has 0 spiro atoms. The molecule has 0 aliphatic carbocycles. The number of sulfonamides is 1. The molecule has 1 aromatic heterocycles. The number of hydrogen-bond acceptors (Lipinski definition) is 5. The molecule has 3 N–H and O–H groups in total. The first-order valence-corrected chi connectivity index (χ1v) is 8.30. The summed E-state index contributed by atoms with van der Waals surface area (Å²) in [5.74, 6) is 0. The molecule has 1 aliphatic rings. The van der Waals surface area contributed by atoms with Crippen molar-refractivity contribution >= 4 is 45.9 Å². The standard InChI is InChI=1S/C13H18N4O3S.2ClH/c14-4-3-10-8-17(5-6-20-10)21(18,19)11-1-2-12-13(7-11)16-9-15-12;;/h1-2,7,9-10H,3-6,8,14H2,(H,15,16);2*1H. The highest BCUT2D eigenvalue weighted by atomic mass is 35.5. The molecule has 0 saturated carbocycles. The van der Waals surface area contributed by atoms with Gasteiger partial charge in [0.15, 0.2) is 0 Å². The first kappa shape index (κ1) is 20.1. The number of nitrogens with zero attached hydrogens (tertiary/aromatic N) is 2. The Hall–Kier alpha value is -0.900. The normalized spacial score (nSPS) is 19.1. The number of nitrogens with two attached hydrogens (primary N) is 1. The summed E-state index contributed by atoms with van der Waals surface area (Å²) in [4.78, 5) is 7.29. The van der Waals surface area contributed by atoms with Crippen molar-refractivity contribution in [2.75, 3.05) is 26.2 Å². The number of ether oxygens (including phenoxy) is 1. The summed E-state index contributed by atoms with van der Waals surface area (Å²) in [6.07, 6.45) is 2.08. The van der Waals surface area contributed by atoms with Crippen LogP contribution in [0.1, 0.15) is 6.42 Å². The molecule has 0 radical (unpaired) electrons. The lowest BCUT2D eigenvalue weighted by molar-refractivity contribution is -0.00405. The molecule has 130 valence electrons. The maximum absolute atomic E-state index is 12.7. The molecule has 1 aliphatic heterocycles. The van der Waals surface area contributed by atoms with Gasteiger partial charge in [0.2, 0.25) is 10.0 Å². The second-order valence-corrected chi connectivity index (χ2v) is 6.95. The molecule has 2 aromatic rings. The van der Waals surface area contributed by atoms with Gasteiger partial charge in [-0.1, -0.05) is 0 Å². The average Bonchev–Trinajstić information content (AvgIpc) is 2.95. The van der Waals surface area contributed by atoms with Gasteiger partial charge in [-0.2, -0.15) is 4.31 Å². The number of aromatic amines is 1. The van der Waals surface area contributed by atoms with E-state index in [4.69, 9.17) is 10.5 Å². The van der Waals surface area contributed by atoms with E-state index >= 15 is 0 Å². The number of fused-ring (bicyclic) bond motifs is 1. The molecular weight excluding hydrogens is 363 g/mol. The molecule has 1 fully saturated rings. The summed E-state index contributed by atoms with van der Waals surface area (Å²) >= 11 is 0. The third-order valence-corrected chi connectivity index (χ3v) is 5.48. The molecule has 3 rings (SSSR count). The highest BCUT2D eigenvalue weighted by Crippen LogP contribution is 2.22. The zero-order valence-electron chi connectivity index (χ0n) is 12.3. The van der Waals surface area contributed by atoms with E-state index in [2.05, 4.69) is 9.97 Å². The van der Waals surface area contributed by atoms with Crippen LogP contribution in [0.15, 0.2) is 29.4 Å². The number of aromatic nitrogens is 2. The highest BCUT2D eigenvalue weighted by molar-refractivity contribution is 7.89. The first-order valence-electron chi connectivity index (χ1n) is 6.86. The Morgan fingerprint density at radius 1 is 1.39 bits per heavy atom. The van der Waals surface area contributed by atoms with Crippen molar-refractivity contribution in [3.8, 4) is 0 Å². The second kappa shape index (κ2) is 8.27. The number of nitrogens with one attached hydrogen (secondary N) is 1. The fourth-order valence-electron chi connectivity index (χ4n) is 2.50. The fourth-order valence-corrected chi connectivity index (χ4v) is 3.98. The minimum absolute atomic E-state index is 0. The molecule has 23 heavy (non-hydrogen) atoms. The Kier molecular flexibility index (Phi) is 7.25. The number of benzene rings is 1. The lowest BCUT2D eigenvalue weighted by Crippen LogP contribution is -2.46. The molecule has 1 aromatic carbocycles. The predicted octanol–water partition coefficient (Wildman–Crippen LogP) is 1.14. The Morgan fingerprint density at radius 3 is 2.91 bits per heavy atom. The number of imidazole rings is 1. The smallest absolute Gasteiger partial charge is 0.243 e. The zero-order chi connectivity index (χ0) is 14.9. The van der Waals surface area contributed by atoms with Gasteiger partial charge in [-0.3, -0.25) is 0 Å². The quantitative estimate of drug-likeness (QED) is 0.825. The molecule has 0 amide bonds. The molecule has 1 unspecified atom stereocenters. The van der Waals surface area contributed by atoms with E-state index < -0.39 is 10.0 Å². The van der Waals surface area contributed by atoms with Gasteiger partial charge < -0.3 is 15.5 Å². The SMILES string of the molecule is Cl.Cl.NCCC1CN(S(=O)(=O)c2ccc3nc[nH]c3c2)CCO1. The Labute approximate surface area is 147 Å². The summed E-state index contributed by atoms with van der Waals surface area (Å²) in [6, 6.07) is 4.91. The van der Waals surface area contributed by atoms with Gasteiger partial charge in [0.1, 0.15) is 0 Å². The molecule has 0 bridgehead atoms. The minimum atomic E-state index is -3.52. The number of hydrogen-bond donors (Lipinski definition) is 2. The lowest BCUT2D eigenvalue weighted by Gasteiger charge is -2.32. The summed E-state index contributed by atoms with van der Waals surface area (Å²) in [5, 5.41) is 0. The van der Waals surface area contributed by atoms with Gasteiger partial charge in [-0.15, -0.1) is 24.8 Å². The topological polar surface area (TPSA) is 101 Å². The van der Waals surface area contributed by atoms with Gasteiger partial charge >= 0.3 is 0 Å². The molecule has 7 nitrogen and oxygen atoms in total. The van der Waals surface area contributed by atoms with Crippen LogP contribution in [0, 0.1) is 0 Å². The van der Waals surface area contributed by atoms with Crippen LogP contribution in [0.25, 0.3) is 11.0 Å². The monoisotopic (exact) mass is 382 g/mol. The van der Waals surface area contributed by atoms with Crippen molar-refractivity contribution in [1.82, 2.24) is 14.3 Å². The van der Waals surface area contributed by atoms with Crippen LogP contribution in [0.4, 0.5) is 0 Å². The van der Waals surface area contributed by atoms with Crippen molar-refractivity contribution in [3.63, 3.8) is 0 Å². The molecule has 2 heterocycles. The number of rotatable bonds is 4. The minimum Gasteiger partial charge on any atom is -0.375 e. The van der Waals surface area contributed by atoms with Crippen molar-refractivity contribution in [1.29, 1.82) is 0 Å². The van der Waals surface area contributed by atoms with Crippen LogP contribution in [-0.4, -0.2) is 55.0 Å². The van der Waals surface area contributed by atoms with E-state index in [9.17, 15) is 8.42 Å². The average molecular weight is 383 g/mol. The largest absolute Gasteiger partial charge is 0.375 e. The van der Waals surface area contributed by atoms with Crippen LogP contribution in [0.5, 0.6) is 0 Å². The number of halogens is 2. The van der Waals surface area contributed by atoms with Crippen LogP contribution in [0.3, 0.4) is 0 Å². The van der Waals surface area contributed by atoms with Crippen LogP contribution in [0.2, 0.25) is 0 Å². The zero-order valence-corrected chi connectivity index (χ0v) is 14.8. The van der Waals surface area contributed by atoms with Crippen LogP contribution < -0.4 is 5.73 Å². The van der Waals surface area contributed by atoms with Gasteiger partial charge in [0, 0.05) is 13.1 Å². The predicted molar refractivity (Wildman–Crippen MR) is 92.8 cm³/mol. The van der Waals surface area contributed by atoms with Gasteiger partial charge in [-0.25, -0.2) is 13.4 Å². The maximum Gasteiger partial charge on any atom is 0.243 e. The van der Waals surface area contributed by atoms with Crippen molar-refractivity contribution in [3.05, 3.63) is 24.5 Å². The van der Waals surface area contributed by atoms with E-state index in [1.54, 1.807) is 24.5 Å². The number of morpholine rings is 1. The molecular formula is C13H20Cl2N4O3S. The third-order valence-electron chi connectivity index (χ3n) is 3.62. The van der Waals surface area contributed by atoms with E-state index in [0.717, 1.165) is 5.52 Å². The Morgan fingerprint density at radius 2 is 2.17 bits per heavy atom. The summed E-state index contributed by atoms with van der Waals surface area (Å²) in [5.41, 5.74) is 6.97. The summed E-state index contributed by atoms with van der Waals surface area (Å²) in [6.45, 7) is 1.60. The second-order valence-electron chi connectivity index (χ2n) is 5.01. The van der Waals surface area contributed by atoms with Crippen molar-refractivity contribution < 1.29 is 13.2 Å². The first-order chi connectivity index (χ1) is 10.1. The fraction of sp³-hybridized carbons (Fsp3) is 0.462. The lowest BCUT2D eigenvalue weighted by atomic mass is 10.2. The van der Waals surface area contributed by atoms with Gasteiger partial charge in [0.05, 0.1) is 35.0 Å². The Balaban J connectivity index is 0.00000132. The van der Waals surface area contributed by atoms with Crippen molar-refractivity contribution in [2.24, 2.45) is 5.73 Å². The van der Waals surface area contributed by atoms with Gasteiger partial charge in [0.25, 0.3) is 0 Å². The molecule has 10 heteroatoms. The van der Waals surface area contributed by atoms with E-state index in [1.165, 1.54) is 4.31 Å². The van der Waals surface area contributed by atoms with E-state index in [1.807, 2.05) is 0 Å². The Bertz CT molecular complexity index is 736. The summed E-state index contributed by atoms with van der Waals surface area (Å²) < 4.78 is 32.4. The molecule has 1 saturated heterocycles. The van der Waals surface area contributed by atoms with Gasteiger partial charge in [-0.05, 0) is 31.2 Å². The third kappa shape index (κ3) is 4.14. The van der Waals surface area contributed by atoms with Crippen LogP contribution in [-0.2, 0) is 14.8 Å². The van der Waals surface area contributed by atoms with E-state index in [-0.39, 0.29) is 35.8 Å². The highest BCUT2D eigenvalue weighted by Gasteiger charge is 2.30. The maximum atomic E-state index is 12.7. The van der Waals surface area contributed by atoms with Crippen molar-refractivity contribution in [2.45, 2.75) is 17.4 Å². The number of H-pyrrole nitrogens is 1. The summed E-state index contributed by atoms with van der Waals surface area (Å²) in [7, 11) is -3.52. The van der Waals surface area contributed by atoms with Crippen LogP contribution >= 0.6 is 24.8 Å². The van der Waals surface area contributed by atoms with E-state index in [0.29, 0.717) is 38.2 Å².